The second-order valence-electron chi connectivity index (χ2n) is 4.68. The summed E-state index contributed by atoms with van der Waals surface area (Å²) in [5.74, 6) is 0.446. The van der Waals surface area contributed by atoms with Crippen LogP contribution in [0.1, 0.15) is 19.8 Å². The Hall–Kier alpha value is -1.19. The van der Waals surface area contributed by atoms with E-state index in [1.165, 1.54) is 0 Å². The molecule has 7 heteroatoms. The maximum Gasteiger partial charge on any atom is 0.587 e. The number of phosphoric ester groups is 1. The highest BCUT2D eigenvalue weighted by molar-refractivity contribution is 7.49. The summed E-state index contributed by atoms with van der Waals surface area (Å²) in [6.07, 6.45) is 1.61. The van der Waals surface area contributed by atoms with Crippen LogP contribution < -0.4 is 9.05 Å². The van der Waals surface area contributed by atoms with Crippen LogP contribution in [0, 0.1) is 0 Å². The van der Waals surface area contributed by atoms with Crippen LogP contribution in [-0.4, -0.2) is 6.61 Å². The first-order valence-corrected chi connectivity index (χ1v) is 9.38. The van der Waals surface area contributed by atoms with Crippen molar-refractivity contribution in [3.8, 4) is 11.5 Å². The fourth-order valence-corrected chi connectivity index (χ4v) is 3.42. The van der Waals surface area contributed by atoms with Gasteiger partial charge < -0.3 is 9.05 Å². The van der Waals surface area contributed by atoms with Crippen LogP contribution >= 0.6 is 31.0 Å². The number of unbranched alkanes of at least 4 members (excludes halogenated alkanes) is 1. The van der Waals surface area contributed by atoms with E-state index < -0.39 is 7.82 Å². The van der Waals surface area contributed by atoms with Crippen molar-refractivity contribution in [1.29, 1.82) is 0 Å². The molecule has 23 heavy (non-hydrogen) atoms. The highest BCUT2D eigenvalue weighted by Crippen LogP contribution is 2.52. The van der Waals surface area contributed by atoms with E-state index in [9.17, 15) is 4.57 Å². The normalized spacial score (nSPS) is 11.3. The molecule has 2 rings (SSSR count). The molecule has 0 atom stereocenters. The Balaban J connectivity index is 2.23. The first kappa shape index (κ1) is 18.2. The summed E-state index contributed by atoms with van der Waals surface area (Å²) in [6.45, 7) is 2.24. The van der Waals surface area contributed by atoms with Gasteiger partial charge in [0.25, 0.3) is 0 Å². The Morgan fingerprint density at radius 3 is 1.83 bits per heavy atom. The van der Waals surface area contributed by atoms with Crippen LogP contribution in [0.5, 0.6) is 11.5 Å². The third-order valence-corrected chi connectivity index (χ3v) is 4.80. The van der Waals surface area contributed by atoms with Crippen LogP contribution in [0.4, 0.5) is 0 Å². The molecule has 4 nitrogen and oxygen atoms in total. The van der Waals surface area contributed by atoms with Crippen molar-refractivity contribution in [1.82, 2.24) is 0 Å². The molecule has 2 aromatic carbocycles. The highest BCUT2D eigenvalue weighted by Gasteiger charge is 2.32. The van der Waals surface area contributed by atoms with Gasteiger partial charge >= 0.3 is 7.82 Å². The van der Waals surface area contributed by atoms with Crippen molar-refractivity contribution in [2.45, 2.75) is 19.8 Å². The Morgan fingerprint density at radius 2 is 1.39 bits per heavy atom. The predicted molar refractivity (Wildman–Crippen MR) is 92.6 cm³/mol. The molecule has 0 saturated heterocycles. The summed E-state index contributed by atoms with van der Waals surface area (Å²) in [5, 5.41) is 0.629. The lowest BCUT2D eigenvalue weighted by Gasteiger charge is -2.20. The molecule has 0 N–H and O–H groups in total. The molecule has 2 aromatic rings. The molecule has 0 unspecified atom stereocenters. The van der Waals surface area contributed by atoms with Crippen LogP contribution in [0.25, 0.3) is 0 Å². The minimum absolute atomic E-state index is 0.223. The van der Waals surface area contributed by atoms with Gasteiger partial charge in [-0.3, -0.25) is 4.52 Å². The van der Waals surface area contributed by atoms with Crippen molar-refractivity contribution in [2.24, 2.45) is 0 Å². The molecule has 0 spiro atoms. The molecular formula is C16H17Cl2O4P. The second-order valence-corrected chi connectivity index (χ2v) is 7.01. The second kappa shape index (κ2) is 8.60. The van der Waals surface area contributed by atoms with Crippen molar-refractivity contribution in [3.63, 3.8) is 0 Å². The van der Waals surface area contributed by atoms with Gasteiger partial charge in [-0.25, -0.2) is 4.57 Å². The fraction of sp³-hybridized carbons (Fsp3) is 0.250. The van der Waals surface area contributed by atoms with Gasteiger partial charge in [-0.05, 0) is 30.7 Å². The van der Waals surface area contributed by atoms with E-state index in [1.54, 1.807) is 48.5 Å². The summed E-state index contributed by atoms with van der Waals surface area (Å²) in [4.78, 5) is 0. The first-order chi connectivity index (χ1) is 11.0. The van der Waals surface area contributed by atoms with Crippen molar-refractivity contribution in [2.75, 3.05) is 6.61 Å². The number of hydrogen-bond donors (Lipinski definition) is 0. The van der Waals surface area contributed by atoms with E-state index in [1.807, 2.05) is 6.92 Å². The fourth-order valence-electron chi connectivity index (χ4n) is 1.67. The summed E-state index contributed by atoms with van der Waals surface area (Å²) in [6, 6.07) is 13.4. The van der Waals surface area contributed by atoms with E-state index in [-0.39, 0.29) is 18.1 Å². The average molecular weight is 375 g/mol. The van der Waals surface area contributed by atoms with E-state index in [0.29, 0.717) is 10.0 Å². The smallest absolute Gasteiger partial charge is 0.393 e. The third kappa shape index (κ3) is 5.43. The minimum atomic E-state index is -3.92. The van der Waals surface area contributed by atoms with Gasteiger partial charge in [0.2, 0.25) is 0 Å². The van der Waals surface area contributed by atoms with Gasteiger partial charge in [-0.1, -0.05) is 60.8 Å². The van der Waals surface area contributed by atoms with E-state index in [2.05, 4.69) is 0 Å². The predicted octanol–water partition coefficient (Wildman–Crippen LogP) is 6.38. The van der Waals surface area contributed by atoms with Gasteiger partial charge in [-0.15, -0.1) is 0 Å². The summed E-state index contributed by atoms with van der Waals surface area (Å²) < 4.78 is 29.2. The van der Waals surface area contributed by atoms with Crippen molar-refractivity contribution >= 4 is 31.0 Å². The van der Waals surface area contributed by atoms with Crippen molar-refractivity contribution in [3.05, 3.63) is 58.6 Å². The van der Waals surface area contributed by atoms with Gasteiger partial charge in [0.1, 0.15) is 0 Å². The lowest BCUT2D eigenvalue weighted by molar-refractivity contribution is 0.207. The number of hydrogen-bond acceptors (Lipinski definition) is 4. The van der Waals surface area contributed by atoms with Gasteiger partial charge in [0.05, 0.1) is 16.7 Å². The Kier molecular flexibility index (Phi) is 6.79. The number of phosphoric acid groups is 1. The molecule has 0 radical (unpaired) electrons. The lowest BCUT2D eigenvalue weighted by atomic mass is 10.3. The quantitative estimate of drug-likeness (QED) is 0.397. The summed E-state index contributed by atoms with van der Waals surface area (Å²) in [7, 11) is -3.92. The topological polar surface area (TPSA) is 44.8 Å². The van der Waals surface area contributed by atoms with E-state index >= 15 is 0 Å². The van der Waals surface area contributed by atoms with Crippen LogP contribution in [0.15, 0.2) is 48.5 Å². The molecule has 0 aromatic heterocycles. The van der Waals surface area contributed by atoms with Crippen molar-refractivity contribution < 1.29 is 18.1 Å². The maximum atomic E-state index is 12.9. The Labute approximate surface area is 145 Å². The zero-order chi connectivity index (χ0) is 16.7. The average Bonchev–Trinajstić information content (AvgIpc) is 2.52. The molecule has 0 aliphatic rings. The number of benzene rings is 2. The van der Waals surface area contributed by atoms with E-state index in [0.717, 1.165) is 12.8 Å². The highest BCUT2D eigenvalue weighted by atomic mass is 35.5. The van der Waals surface area contributed by atoms with Gasteiger partial charge in [0.15, 0.2) is 11.5 Å². The number of para-hydroxylation sites is 2. The summed E-state index contributed by atoms with van der Waals surface area (Å²) in [5.41, 5.74) is 0. The number of rotatable bonds is 8. The zero-order valence-corrected chi connectivity index (χ0v) is 15.0. The molecule has 0 saturated carbocycles. The molecular weight excluding hydrogens is 358 g/mol. The molecule has 0 heterocycles. The minimum Gasteiger partial charge on any atom is -0.393 e. The monoisotopic (exact) mass is 374 g/mol. The largest absolute Gasteiger partial charge is 0.587 e. The Bertz CT molecular complexity index is 642. The molecule has 0 bridgehead atoms. The number of halogens is 2. The summed E-state index contributed by atoms with van der Waals surface area (Å²) >= 11 is 12.1. The van der Waals surface area contributed by atoms with E-state index in [4.69, 9.17) is 36.8 Å². The standard InChI is InChI=1S/C16H17Cl2O4P/c1-2-3-12-20-23(19,21-15-10-6-4-8-13(15)17)22-16-11-7-5-9-14(16)18/h4-11H,2-3,12H2,1H3. The molecule has 124 valence electrons. The van der Waals surface area contributed by atoms with Gasteiger partial charge in [0, 0.05) is 0 Å². The van der Waals surface area contributed by atoms with Gasteiger partial charge in [-0.2, -0.15) is 0 Å². The molecule has 0 amide bonds. The Morgan fingerprint density at radius 1 is 0.913 bits per heavy atom. The maximum absolute atomic E-state index is 12.9. The molecule has 0 aliphatic carbocycles. The first-order valence-electron chi connectivity index (χ1n) is 7.17. The van der Waals surface area contributed by atoms with Crippen LogP contribution in [-0.2, 0) is 9.09 Å². The lowest BCUT2D eigenvalue weighted by Crippen LogP contribution is -2.06. The SMILES string of the molecule is CCCCOP(=O)(Oc1ccccc1Cl)Oc1ccccc1Cl. The zero-order valence-electron chi connectivity index (χ0n) is 12.6. The third-order valence-electron chi connectivity index (χ3n) is 2.84. The molecule has 0 aliphatic heterocycles. The van der Waals surface area contributed by atoms with Crippen LogP contribution in [0.2, 0.25) is 10.0 Å². The van der Waals surface area contributed by atoms with Crippen LogP contribution in [0.3, 0.4) is 0 Å². The molecule has 0 fully saturated rings.